The number of hydrogen-bond acceptors (Lipinski definition) is 5. The Morgan fingerprint density at radius 1 is 1.10 bits per heavy atom. The Balaban J connectivity index is 1.77. The van der Waals surface area contributed by atoms with Gasteiger partial charge < -0.3 is 9.47 Å². The molecule has 6 nitrogen and oxygen atoms in total. The van der Waals surface area contributed by atoms with E-state index in [0.717, 1.165) is 35.1 Å². The molecule has 0 fully saturated rings. The number of rotatable bonds is 8. The van der Waals surface area contributed by atoms with Crippen LogP contribution in [0.5, 0.6) is 11.5 Å². The Morgan fingerprint density at radius 3 is 2.59 bits per heavy atom. The molecule has 0 saturated carbocycles. The van der Waals surface area contributed by atoms with E-state index in [1.165, 1.54) is 5.56 Å². The van der Waals surface area contributed by atoms with E-state index in [2.05, 4.69) is 41.2 Å². The number of methoxy groups -OCH3 is 1. The molecule has 154 valence electrons. The summed E-state index contributed by atoms with van der Waals surface area (Å²) in [5, 5.41) is 4.66. The molecule has 0 aliphatic heterocycles. The molecule has 0 atom stereocenters. The lowest BCUT2D eigenvalue weighted by Crippen LogP contribution is -2.22. The standard InChI is InChI=1S/C22H28N4O2S/c1-6-28-20-11-10-18(13-21(20)27-5)14-24(4)15-25-22(29)26(17(3)23-25)19-9-7-8-16(2)12-19/h7-13H,6,14-15H2,1-5H3. The van der Waals surface area contributed by atoms with E-state index >= 15 is 0 Å². The van der Waals surface area contributed by atoms with Crippen LogP contribution in [0.15, 0.2) is 42.5 Å². The van der Waals surface area contributed by atoms with E-state index < -0.39 is 0 Å². The summed E-state index contributed by atoms with van der Waals surface area (Å²) in [7, 11) is 3.71. The molecule has 0 spiro atoms. The average molecular weight is 413 g/mol. The molecule has 3 aromatic rings. The zero-order valence-electron chi connectivity index (χ0n) is 17.7. The average Bonchev–Trinajstić information content (AvgIpc) is 2.96. The van der Waals surface area contributed by atoms with E-state index in [9.17, 15) is 0 Å². The second kappa shape index (κ2) is 9.24. The molecule has 0 radical (unpaired) electrons. The molecule has 1 aromatic heterocycles. The molecule has 0 saturated heterocycles. The summed E-state index contributed by atoms with van der Waals surface area (Å²) < 4.78 is 15.6. The predicted octanol–water partition coefficient (Wildman–Crippen LogP) is 4.52. The fourth-order valence-corrected chi connectivity index (χ4v) is 3.68. The van der Waals surface area contributed by atoms with Crippen LogP contribution in [0.1, 0.15) is 23.9 Å². The Kier molecular flexibility index (Phi) is 6.71. The first kappa shape index (κ1) is 21.1. The Bertz CT molecular complexity index is 1040. The lowest BCUT2D eigenvalue weighted by atomic mass is 10.2. The second-order valence-electron chi connectivity index (χ2n) is 7.08. The Hall–Kier alpha value is -2.64. The molecule has 2 aromatic carbocycles. The number of aromatic nitrogens is 3. The number of aryl methyl sites for hydroxylation is 2. The highest BCUT2D eigenvalue weighted by molar-refractivity contribution is 7.71. The maximum absolute atomic E-state index is 5.71. The summed E-state index contributed by atoms with van der Waals surface area (Å²) in [5.74, 6) is 2.38. The van der Waals surface area contributed by atoms with Gasteiger partial charge >= 0.3 is 0 Å². The summed E-state index contributed by atoms with van der Waals surface area (Å²) in [6, 6.07) is 14.3. The largest absolute Gasteiger partial charge is 0.493 e. The zero-order chi connectivity index (χ0) is 21.0. The quantitative estimate of drug-likeness (QED) is 0.509. The highest BCUT2D eigenvalue weighted by atomic mass is 32.1. The maximum atomic E-state index is 5.71. The van der Waals surface area contributed by atoms with Crippen LogP contribution in [-0.2, 0) is 13.2 Å². The second-order valence-corrected chi connectivity index (χ2v) is 7.44. The first-order valence-electron chi connectivity index (χ1n) is 9.64. The van der Waals surface area contributed by atoms with Crippen molar-refractivity contribution in [1.82, 2.24) is 19.2 Å². The molecular weight excluding hydrogens is 384 g/mol. The van der Waals surface area contributed by atoms with Gasteiger partial charge in [0.25, 0.3) is 0 Å². The van der Waals surface area contributed by atoms with Gasteiger partial charge in [-0.3, -0.25) is 9.47 Å². The van der Waals surface area contributed by atoms with Crippen LogP contribution in [0.2, 0.25) is 0 Å². The highest BCUT2D eigenvalue weighted by Gasteiger charge is 2.12. The third-order valence-corrected chi connectivity index (χ3v) is 5.01. The van der Waals surface area contributed by atoms with Gasteiger partial charge in [0.05, 0.1) is 20.4 Å². The van der Waals surface area contributed by atoms with Crippen molar-refractivity contribution >= 4 is 12.2 Å². The van der Waals surface area contributed by atoms with Crippen LogP contribution in [0.4, 0.5) is 0 Å². The van der Waals surface area contributed by atoms with Crippen molar-refractivity contribution in [3.63, 3.8) is 0 Å². The van der Waals surface area contributed by atoms with Crippen LogP contribution in [0, 0.1) is 18.6 Å². The van der Waals surface area contributed by atoms with E-state index in [0.29, 0.717) is 18.0 Å². The van der Waals surface area contributed by atoms with Crippen molar-refractivity contribution < 1.29 is 9.47 Å². The summed E-state index contributed by atoms with van der Waals surface area (Å²) in [6.07, 6.45) is 0. The minimum atomic E-state index is 0.591. The van der Waals surface area contributed by atoms with Crippen molar-refractivity contribution in [2.75, 3.05) is 20.8 Å². The molecule has 0 bridgehead atoms. The normalized spacial score (nSPS) is 11.1. The monoisotopic (exact) mass is 412 g/mol. The van der Waals surface area contributed by atoms with Crippen molar-refractivity contribution in [1.29, 1.82) is 0 Å². The topological polar surface area (TPSA) is 44.5 Å². The van der Waals surface area contributed by atoms with Gasteiger partial charge in [-0.25, -0.2) is 4.68 Å². The van der Waals surface area contributed by atoms with E-state index in [4.69, 9.17) is 21.7 Å². The van der Waals surface area contributed by atoms with Gasteiger partial charge in [0.15, 0.2) is 11.5 Å². The Labute approximate surface area is 177 Å². The van der Waals surface area contributed by atoms with Crippen LogP contribution in [-0.4, -0.2) is 40.0 Å². The molecule has 0 amide bonds. The molecule has 29 heavy (non-hydrogen) atoms. The van der Waals surface area contributed by atoms with Gasteiger partial charge in [-0.05, 0) is 75.4 Å². The molecule has 0 aliphatic rings. The minimum absolute atomic E-state index is 0.591. The number of nitrogens with zero attached hydrogens (tertiary/aromatic N) is 4. The number of hydrogen-bond donors (Lipinski definition) is 0. The lowest BCUT2D eigenvalue weighted by molar-refractivity contribution is 0.243. The van der Waals surface area contributed by atoms with Crippen molar-refractivity contribution in [2.45, 2.75) is 34.0 Å². The van der Waals surface area contributed by atoms with E-state index in [1.54, 1.807) is 7.11 Å². The fourth-order valence-electron chi connectivity index (χ4n) is 3.35. The highest BCUT2D eigenvalue weighted by Crippen LogP contribution is 2.28. The van der Waals surface area contributed by atoms with Gasteiger partial charge in [-0.2, -0.15) is 5.10 Å². The molecule has 0 N–H and O–H groups in total. The van der Waals surface area contributed by atoms with Gasteiger partial charge in [0.2, 0.25) is 4.77 Å². The van der Waals surface area contributed by atoms with Crippen LogP contribution in [0.3, 0.4) is 0 Å². The first-order valence-corrected chi connectivity index (χ1v) is 10.1. The van der Waals surface area contributed by atoms with E-state index in [-0.39, 0.29) is 0 Å². The van der Waals surface area contributed by atoms with Gasteiger partial charge in [0.1, 0.15) is 5.82 Å². The molecule has 0 unspecified atom stereocenters. The molecule has 0 aliphatic carbocycles. The predicted molar refractivity (Wildman–Crippen MR) is 117 cm³/mol. The summed E-state index contributed by atoms with van der Waals surface area (Å²) in [5.41, 5.74) is 3.37. The maximum Gasteiger partial charge on any atom is 0.203 e. The fraction of sp³-hybridized carbons (Fsp3) is 0.364. The van der Waals surface area contributed by atoms with Crippen molar-refractivity contribution in [2.24, 2.45) is 0 Å². The van der Waals surface area contributed by atoms with Gasteiger partial charge in [-0.1, -0.05) is 18.2 Å². The minimum Gasteiger partial charge on any atom is -0.493 e. The zero-order valence-corrected chi connectivity index (χ0v) is 18.5. The SMILES string of the molecule is CCOc1ccc(CN(C)Cn2nc(C)n(-c3cccc(C)c3)c2=S)cc1OC. The third kappa shape index (κ3) is 4.86. The first-order chi connectivity index (χ1) is 13.9. The number of ether oxygens (including phenoxy) is 2. The smallest absolute Gasteiger partial charge is 0.203 e. The van der Waals surface area contributed by atoms with Crippen LogP contribution >= 0.6 is 12.2 Å². The van der Waals surface area contributed by atoms with Crippen molar-refractivity contribution in [3.8, 4) is 17.2 Å². The molecule has 7 heteroatoms. The lowest BCUT2D eigenvalue weighted by Gasteiger charge is -2.18. The van der Waals surface area contributed by atoms with E-state index in [1.807, 2.05) is 48.3 Å². The summed E-state index contributed by atoms with van der Waals surface area (Å²) in [4.78, 5) is 2.16. The Morgan fingerprint density at radius 2 is 1.90 bits per heavy atom. The van der Waals surface area contributed by atoms with Crippen molar-refractivity contribution in [3.05, 3.63) is 64.2 Å². The third-order valence-electron chi connectivity index (χ3n) is 4.62. The van der Waals surface area contributed by atoms with Crippen LogP contribution < -0.4 is 9.47 Å². The van der Waals surface area contributed by atoms with Crippen LogP contribution in [0.25, 0.3) is 5.69 Å². The van der Waals surface area contributed by atoms with Gasteiger partial charge in [-0.15, -0.1) is 0 Å². The van der Waals surface area contributed by atoms with Gasteiger partial charge in [0, 0.05) is 12.2 Å². The molecular formula is C22H28N4O2S. The summed E-state index contributed by atoms with van der Waals surface area (Å²) in [6.45, 7) is 7.95. The number of benzene rings is 2. The molecule has 1 heterocycles. The summed E-state index contributed by atoms with van der Waals surface area (Å²) >= 11 is 5.71. The molecule has 3 rings (SSSR count).